The van der Waals surface area contributed by atoms with Gasteiger partial charge in [0.15, 0.2) is 0 Å². The zero-order valence-corrected chi connectivity index (χ0v) is 18.7. The Labute approximate surface area is 192 Å². The molecule has 2 aromatic heterocycles. The molecular weight excluding hydrogens is 416 g/mol. The number of hydrogen-bond donors (Lipinski definition) is 1. The fourth-order valence-electron chi connectivity index (χ4n) is 4.19. The van der Waals surface area contributed by atoms with Crippen LogP contribution in [0.4, 0.5) is 5.82 Å². The maximum Gasteiger partial charge on any atom is 0.253 e. The molecule has 5 rings (SSSR count). The Bertz CT molecular complexity index is 1260. The van der Waals surface area contributed by atoms with Crippen LogP contribution in [0.15, 0.2) is 65.3 Å². The van der Waals surface area contributed by atoms with E-state index in [0.29, 0.717) is 23.6 Å². The molecule has 1 N–H and O–H groups in total. The van der Waals surface area contributed by atoms with Gasteiger partial charge >= 0.3 is 0 Å². The summed E-state index contributed by atoms with van der Waals surface area (Å²) in [6, 6.07) is 17.6. The smallest absolute Gasteiger partial charge is 0.253 e. The van der Waals surface area contributed by atoms with Gasteiger partial charge in [0.2, 0.25) is 5.71 Å². The molecule has 3 heterocycles. The van der Waals surface area contributed by atoms with Crippen LogP contribution < -0.4 is 5.32 Å². The van der Waals surface area contributed by atoms with Gasteiger partial charge < -0.3 is 19.4 Å². The third-order valence-corrected chi connectivity index (χ3v) is 5.87. The molecule has 168 valence electrons. The number of aromatic nitrogens is 2. The number of ether oxygens (including phenoxy) is 1. The summed E-state index contributed by atoms with van der Waals surface area (Å²) in [6.07, 6.45) is 3.83. The highest BCUT2D eigenvalue weighted by atomic mass is 16.5. The molecule has 0 saturated carbocycles. The third kappa shape index (κ3) is 4.19. The topological polar surface area (TPSA) is 80.5 Å². The van der Waals surface area contributed by atoms with E-state index in [1.54, 1.807) is 19.0 Å². The van der Waals surface area contributed by atoms with Gasteiger partial charge in [0.25, 0.3) is 5.91 Å². The van der Waals surface area contributed by atoms with Crippen molar-refractivity contribution in [2.45, 2.75) is 18.9 Å². The number of rotatable bonds is 6. The van der Waals surface area contributed by atoms with Crippen LogP contribution in [-0.4, -0.2) is 54.1 Å². The van der Waals surface area contributed by atoms with E-state index in [2.05, 4.69) is 27.4 Å². The van der Waals surface area contributed by atoms with Gasteiger partial charge in [0, 0.05) is 43.9 Å². The molecule has 1 amide bonds. The van der Waals surface area contributed by atoms with E-state index in [-0.39, 0.29) is 12.0 Å². The molecule has 1 unspecified atom stereocenters. The number of benzene rings is 2. The Balaban J connectivity index is 1.61. The van der Waals surface area contributed by atoms with Crippen molar-refractivity contribution in [2.75, 3.05) is 32.6 Å². The number of nitrogens with zero attached hydrogens (tertiary/aromatic N) is 3. The van der Waals surface area contributed by atoms with Crippen molar-refractivity contribution in [3.63, 3.8) is 0 Å². The third-order valence-electron chi connectivity index (χ3n) is 5.87. The Kier molecular flexibility index (Phi) is 5.79. The maximum atomic E-state index is 12.3. The van der Waals surface area contributed by atoms with Crippen molar-refractivity contribution in [3.05, 3.63) is 66.5 Å². The zero-order valence-electron chi connectivity index (χ0n) is 18.7. The summed E-state index contributed by atoms with van der Waals surface area (Å²) in [6.45, 7) is 1.49. The lowest BCUT2D eigenvalue weighted by Gasteiger charge is -2.12. The first kappa shape index (κ1) is 21.2. The summed E-state index contributed by atoms with van der Waals surface area (Å²) >= 11 is 0. The highest BCUT2D eigenvalue weighted by Gasteiger charge is 2.23. The summed E-state index contributed by atoms with van der Waals surface area (Å²) < 4.78 is 12.0. The molecule has 1 atom stereocenters. The highest BCUT2D eigenvalue weighted by Crippen LogP contribution is 2.42. The molecule has 0 aliphatic carbocycles. The first-order valence-corrected chi connectivity index (χ1v) is 11.1. The summed E-state index contributed by atoms with van der Waals surface area (Å²) in [5, 5.41) is 4.29. The van der Waals surface area contributed by atoms with Crippen molar-refractivity contribution >= 4 is 22.8 Å². The minimum atomic E-state index is -0.0408. The van der Waals surface area contributed by atoms with Gasteiger partial charge in [-0.3, -0.25) is 4.79 Å². The second-order valence-corrected chi connectivity index (χ2v) is 8.37. The van der Waals surface area contributed by atoms with Crippen LogP contribution in [0.3, 0.4) is 0 Å². The fraction of sp³-hybridized carbons (Fsp3) is 0.269. The van der Waals surface area contributed by atoms with Gasteiger partial charge in [-0.2, -0.15) is 0 Å². The minimum absolute atomic E-state index is 0.0408. The van der Waals surface area contributed by atoms with Crippen molar-refractivity contribution in [1.82, 2.24) is 14.9 Å². The largest absolute Gasteiger partial charge is 0.437 e. The van der Waals surface area contributed by atoms with E-state index >= 15 is 0 Å². The second-order valence-electron chi connectivity index (χ2n) is 8.37. The Hall–Kier alpha value is -3.71. The van der Waals surface area contributed by atoms with Gasteiger partial charge in [-0.1, -0.05) is 42.5 Å². The quantitative estimate of drug-likeness (QED) is 0.460. The molecule has 7 nitrogen and oxygen atoms in total. The molecule has 1 aliphatic rings. The summed E-state index contributed by atoms with van der Waals surface area (Å²) in [4.78, 5) is 22.8. The van der Waals surface area contributed by atoms with E-state index in [9.17, 15) is 4.79 Å². The molecule has 33 heavy (non-hydrogen) atoms. The molecule has 4 aromatic rings. The lowest BCUT2D eigenvalue weighted by Crippen LogP contribution is -2.21. The monoisotopic (exact) mass is 442 g/mol. The SMILES string of the molecule is CN(C)C(=O)c1ccc(-c2oc3ncnc(NCC4CCCO4)c3c2-c2ccccc2)cc1. The molecule has 2 aromatic carbocycles. The molecular formula is C26H26N4O3. The zero-order chi connectivity index (χ0) is 22.8. The number of carbonyl (C=O) groups is 1. The van der Waals surface area contributed by atoms with Crippen molar-refractivity contribution in [1.29, 1.82) is 0 Å². The second kappa shape index (κ2) is 9.03. The lowest BCUT2D eigenvalue weighted by atomic mass is 9.98. The number of furan rings is 1. The van der Waals surface area contributed by atoms with Crippen LogP contribution in [0.1, 0.15) is 23.2 Å². The predicted octanol–water partition coefficient (Wildman–Crippen LogP) is 4.85. The van der Waals surface area contributed by atoms with Crippen molar-refractivity contribution in [2.24, 2.45) is 0 Å². The predicted molar refractivity (Wildman–Crippen MR) is 128 cm³/mol. The average Bonchev–Trinajstić information content (AvgIpc) is 3.51. The number of anilines is 1. The Morgan fingerprint density at radius 2 is 1.85 bits per heavy atom. The van der Waals surface area contributed by atoms with Crippen molar-refractivity contribution in [3.8, 4) is 22.5 Å². The first-order valence-electron chi connectivity index (χ1n) is 11.1. The molecule has 1 saturated heterocycles. The fourth-order valence-corrected chi connectivity index (χ4v) is 4.19. The number of amides is 1. The number of nitrogens with one attached hydrogen (secondary N) is 1. The highest BCUT2D eigenvalue weighted by molar-refractivity contribution is 6.06. The summed E-state index contributed by atoms with van der Waals surface area (Å²) in [7, 11) is 3.49. The van der Waals surface area contributed by atoms with Crippen LogP contribution in [-0.2, 0) is 4.74 Å². The van der Waals surface area contributed by atoms with Crippen LogP contribution >= 0.6 is 0 Å². The number of fused-ring (bicyclic) bond motifs is 1. The standard InChI is InChI=1S/C26H26N4O3/c1-30(2)26(31)19-12-10-18(11-13-19)23-21(17-7-4-3-5-8-17)22-24(28-16-29-25(22)33-23)27-15-20-9-6-14-32-20/h3-5,7-8,10-13,16,20H,6,9,14-15H2,1-2H3,(H,27,28,29). The average molecular weight is 443 g/mol. The van der Waals surface area contributed by atoms with Gasteiger partial charge in [-0.15, -0.1) is 0 Å². The van der Waals surface area contributed by atoms with Crippen LogP contribution in [0.5, 0.6) is 0 Å². The molecule has 1 fully saturated rings. The summed E-state index contributed by atoms with van der Waals surface area (Å²) in [5.41, 5.74) is 3.94. The van der Waals surface area contributed by atoms with E-state index in [4.69, 9.17) is 9.15 Å². The van der Waals surface area contributed by atoms with Crippen molar-refractivity contribution < 1.29 is 13.9 Å². The molecule has 0 bridgehead atoms. The molecule has 0 spiro atoms. The Morgan fingerprint density at radius 1 is 1.06 bits per heavy atom. The first-order chi connectivity index (χ1) is 16.1. The van der Waals surface area contributed by atoms with Crippen LogP contribution in [0.2, 0.25) is 0 Å². The van der Waals surface area contributed by atoms with E-state index in [1.165, 1.54) is 6.33 Å². The Morgan fingerprint density at radius 3 is 2.55 bits per heavy atom. The normalized spacial score (nSPS) is 15.6. The van der Waals surface area contributed by atoms with Crippen LogP contribution in [0.25, 0.3) is 33.6 Å². The minimum Gasteiger partial charge on any atom is -0.437 e. The van der Waals surface area contributed by atoms with E-state index < -0.39 is 0 Å². The van der Waals surface area contributed by atoms with Gasteiger partial charge in [0.05, 0.1) is 11.5 Å². The number of hydrogen-bond acceptors (Lipinski definition) is 6. The van der Waals surface area contributed by atoms with Gasteiger partial charge in [-0.25, -0.2) is 9.97 Å². The lowest BCUT2D eigenvalue weighted by molar-refractivity contribution is 0.0827. The van der Waals surface area contributed by atoms with Gasteiger partial charge in [-0.05, 0) is 30.5 Å². The van der Waals surface area contributed by atoms with Gasteiger partial charge in [0.1, 0.15) is 17.9 Å². The number of carbonyl (C=O) groups excluding carboxylic acids is 1. The maximum absolute atomic E-state index is 12.3. The molecule has 0 radical (unpaired) electrons. The van der Waals surface area contributed by atoms with E-state index in [0.717, 1.165) is 47.3 Å². The molecule has 7 heteroatoms. The summed E-state index contributed by atoms with van der Waals surface area (Å²) in [5.74, 6) is 1.38. The van der Waals surface area contributed by atoms with Crippen LogP contribution in [0, 0.1) is 0 Å². The molecule has 1 aliphatic heterocycles. The van der Waals surface area contributed by atoms with E-state index in [1.807, 2.05) is 42.5 Å².